The molecule has 2 aliphatic rings. The highest BCUT2D eigenvalue weighted by atomic mass is 32.2. The van der Waals surface area contributed by atoms with Crippen LogP contribution in [0.3, 0.4) is 0 Å². The third kappa shape index (κ3) is 9.00. The minimum atomic E-state index is -4.00. The Morgan fingerprint density at radius 2 is 1.80 bits per heavy atom. The molecule has 0 spiro atoms. The van der Waals surface area contributed by atoms with Crippen molar-refractivity contribution in [2.75, 3.05) is 13.7 Å². The molecule has 5 atom stereocenters. The summed E-state index contributed by atoms with van der Waals surface area (Å²) in [6, 6.07) is 6.51. The number of methoxy groups -OCH3 is 1. The molecule has 0 saturated heterocycles. The molecule has 2 aliphatic carbocycles. The molecule has 1 aromatic carbocycles. The van der Waals surface area contributed by atoms with E-state index in [4.69, 9.17) is 8.92 Å². The standard InChI is InChI=1S/C32H48O7S/c1-4-9-24-15-17-25(18-16-24)27(32(35)38-3)10-6-5-7-11-29-28(12-8-21-33)30(34)22-31(29)39-40(36,37)26-19-13-23(2)14-20-26/h5,7-8,12-14,19-20,24-25,27-31,33-34H,4,6,9-11,15-18,21-22H2,1-3H3/t24?,25?,27?,28-,29-,30-,31-/m1/s1. The number of ether oxygens (including phenoxy) is 1. The molecule has 1 unspecified atom stereocenters. The van der Waals surface area contributed by atoms with E-state index < -0.39 is 22.3 Å². The normalized spacial score (nSPS) is 28.3. The highest BCUT2D eigenvalue weighted by molar-refractivity contribution is 7.86. The van der Waals surface area contributed by atoms with Crippen LogP contribution in [0.1, 0.15) is 76.7 Å². The van der Waals surface area contributed by atoms with E-state index in [1.807, 2.05) is 19.1 Å². The summed E-state index contributed by atoms with van der Waals surface area (Å²) >= 11 is 0. The second-order valence-corrected chi connectivity index (χ2v) is 13.1. The first-order valence-corrected chi connectivity index (χ1v) is 16.3. The molecule has 0 radical (unpaired) electrons. The monoisotopic (exact) mass is 576 g/mol. The maximum absolute atomic E-state index is 13.0. The van der Waals surface area contributed by atoms with Crippen LogP contribution in [0.5, 0.6) is 0 Å². The molecular weight excluding hydrogens is 528 g/mol. The fraction of sp³-hybridized carbons (Fsp3) is 0.656. The van der Waals surface area contributed by atoms with Gasteiger partial charge in [-0.05, 0) is 68.9 Å². The lowest BCUT2D eigenvalue weighted by Crippen LogP contribution is -2.28. The van der Waals surface area contributed by atoms with Gasteiger partial charge >= 0.3 is 5.97 Å². The first-order chi connectivity index (χ1) is 19.2. The van der Waals surface area contributed by atoms with Crippen LogP contribution in [0.25, 0.3) is 0 Å². The number of aliphatic hydroxyl groups is 2. The Balaban J connectivity index is 1.64. The molecule has 1 aromatic rings. The molecule has 7 nitrogen and oxygen atoms in total. The first-order valence-electron chi connectivity index (χ1n) is 14.9. The predicted molar refractivity (Wildman–Crippen MR) is 156 cm³/mol. The van der Waals surface area contributed by atoms with Crippen molar-refractivity contribution in [3.63, 3.8) is 0 Å². The van der Waals surface area contributed by atoms with Gasteiger partial charge in [-0.15, -0.1) is 0 Å². The number of allylic oxidation sites excluding steroid dienone is 2. The number of carbonyl (C=O) groups excluding carboxylic acids is 1. The zero-order valence-electron chi connectivity index (χ0n) is 24.3. The number of aliphatic hydroxyl groups excluding tert-OH is 2. The number of esters is 1. The Labute approximate surface area is 240 Å². The maximum atomic E-state index is 13.0. The predicted octanol–water partition coefficient (Wildman–Crippen LogP) is 5.74. The third-order valence-corrected chi connectivity index (χ3v) is 10.1. The summed E-state index contributed by atoms with van der Waals surface area (Å²) < 4.78 is 36.8. The van der Waals surface area contributed by atoms with E-state index in [1.54, 1.807) is 24.3 Å². The summed E-state index contributed by atoms with van der Waals surface area (Å²) in [5.41, 5.74) is 0.950. The number of hydrogen-bond acceptors (Lipinski definition) is 7. The van der Waals surface area contributed by atoms with E-state index in [0.29, 0.717) is 18.8 Å². The molecular formula is C32H48O7S. The highest BCUT2D eigenvalue weighted by Gasteiger charge is 2.43. The quantitative estimate of drug-likeness (QED) is 0.165. The van der Waals surface area contributed by atoms with Gasteiger partial charge in [-0.1, -0.05) is 74.6 Å². The van der Waals surface area contributed by atoms with Gasteiger partial charge in [-0.3, -0.25) is 8.98 Å². The highest BCUT2D eigenvalue weighted by Crippen LogP contribution is 2.40. The van der Waals surface area contributed by atoms with Crippen LogP contribution in [0.15, 0.2) is 53.5 Å². The van der Waals surface area contributed by atoms with Gasteiger partial charge in [-0.25, -0.2) is 0 Å². The summed E-state index contributed by atoms with van der Waals surface area (Å²) in [6.45, 7) is 3.95. The van der Waals surface area contributed by atoms with E-state index in [0.717, 1.165) is 30.7 Å². The van der Waals surface area contributed by atoms with Crippen molar-refractivity contribution in [2.45, 2.75) is 95.2 Å². The molecule has 0 heterocycles. The molecule has 2 N–H and O–H groups in total. The minimum absolute atomic E-state index is 0.0915. The van der Waals surface area contributed by atoms with E-state index >= 15 is 0 Å². The lowest BCUT2D eigenvalue weighted by molar-refractivity contribution is -0.148. The van der Waals surface area contributed by atoms with Crippen molar-refractivity contribution in [3.8, 4) is 0 Å². The summed E-state index contributed by atoms with van der Waals surface area (Å²) in [7, 11) is -2.54. The first kappa shape index (κ1) is 32.5. The molecule has 40 heavy (non-hydrogen) atoms. The number of aryl methyl sites for hydroxylation is 1. The van der Waals surface area contributed by atoms with E-state index in [9.17, 15) is 23.4 Å². The summed E-state index contributed by atoms with van der Waals surface area (Å²) in [4.78, 5) is 12.7. The van der Waals surface area contributed by atoms with Crippen LogP contribution >= 0.6 is 0 Å². The SMILES string of the molecule is CCCC1CCC(C(CCC=CC[C@@H]2[C@@H](C=CCO)[C@H](O)C[C@H]2OS(=O)(=O)c2ccc(C)cc2)C(=O)OC)CC1. The lowest BCUT2D eigenvalue weighted by atomic mass is 9.73. The molecule has 0 aromatic heterocycles. The number of hydrogen-bond donors (Lipinski definition) is 2. The maximum Gasteiger partial charge on any atom is 0.308 e. The number of rotatable bonds is 14. The Kier molecular flexibility index (Phi) is 12.9. The molecule has 2 fully saturated rings. The third-order valence-electron chi connectivity index (χ3n) is 8.79. The lowest BCUT2D eigenvalue weighted by Gasteiger charge is -2.32. The summed E-state index contributed by atoms with van der Waals surface area (Å²) in [5, 5.41) is 20.0. The van der Waals surface area contributed by atoms with Crippen molar-refractivity contribution >= 4 is 16.1 Å². The van der Waals surface area contributed by atoms with E-state index in [2.05, 4.69) is 6.92 Å². The van der Waals surface area contributed by atoms with Crippen LogP contribution in [-0.2, 0) is 23.8 Å². The molecule has 0 aliphatic heterocycles. The second kappa shape index (κ2) is 15.9. The van der Waals surface area contributed by atoms with Crippen molar-refractivity contribution in [1.82, 2.24) is 0 Å². The van der Waals surface area contributed by atoms with E-state index in [1.165, 1.54) is 44.9 Å². The fourth-order valence-corrected chi connectivity index (χ4v) is 7.69. The van der Waals surface area contributed by atoms with Gasteiger partial charge in [0.2, 0.25) is 0 Å². The van der Waals surface area contributed by atoms with Crippen LogP contribution in [0.4, 0.5) is 0 Å². The number of benzene rings is 1. The van der Waals surface area contributed by atoms with Gasteiger partial charge in [0, 0.05) is 12.3 Å². The van der Waals surface area contributed by atoms with Crippen LogP contribution < -0.4 is 0 Å². The van der Waals surface area contributed by atoms with E-state index in [-0.39, 0.29) is 41.6 Å². The summed E-state index contributed by atoms with van der Waals surface area (Å²) in [6.07, 6.45) is 15.0. The largest absolute Gasteiger partial charge is 0.469 e. The van der Waals surface area contributed by atoms with Gasteiger partial charge in [0.1, 0.15) is 0 Å². The molecule has 2 saturated carbocycles. The van der Waals surface area contributed by atoms with Crippen LogP contribution in [-0.4, -0.2) is 50.5 Å². The number of carbonyl (C=O) groups is 1. The average Bonchev–Trinajstić information content (AvgIpc) is 3.22. The Morgan fingerprint density at radius 3 is 2.42 bits per heavy atom. The van der Waals surface area contributed by atoms with Crippen LogP contribution in [0.2, 0.25) is 0 Å². The Bertz CT molecular complexity index is 1070. The molecule has 3 rings (SSSR count). The average molecular weight is 577 g/mol. The molecule has 8 heteroatoms. The zero-order chi connectivity index (χ0) is 29.1. The van der Waals surface area contributed by atoms with Crippen molar-refractivity contribution in [2.24, 2.45) is 29.6 Å². The second-order valence-electron chi connectivity index (χ2n) is 11.5. The van der Waals surface area contributed by atoms with Crippen LogP contribution in [0, 0.1) is 36.5 Å². The van der Waals surface area contributed by atoms with Gasteiger partial charge < -0.3 is 14.9 Å². The van der Waals surface area contributed by atoms with Crippen molar-refractivity contribution < 1.29 is 32.3 Å². The smallest absolute Gasteiger partial charge is 0.308 e. The van der Waals surface area contributed by atoms with Crippen molar-refractivity contribution in [3.05, 3.63) is 54.1 Å². The molecule has 0 amide bonds. The zero-order valence-corrected chi connectivity index (χ0v) is 25.1. The Morgan fingerprint density at radius 1 is 1.10 bits per heavy atom. The van der Waals surface area contributed by atoms with Gasteiger partial charge in [0.25, 0.3) is 10.1 Å². The van der Waals surface area contributed by atoms with Gasteiger partial charge in [0.15, 0.2) is 0 Å². The molecule has 224 valence electrons. The Hall–Kier alpha value is -2.00. The topological polar surface area (TPSA) is 110 Å². The fourth-order valence-electron chi connectivity index (χ4n) is 6.57. The minimum Gasteiger partial charge on any atom is -0.469 e. The summed E-state index contributed by atoms with van der Waals surface area (Å²) in [5.74, 6) is 0.281. The molecule has 0 bridgehead atoms. The van der Waals surface area contributed by atoms with Gasteiger partial charge in [0.05, 0.1) is 36.7 Å². The van der Waals surface area contributed by atoms with Gasteiger partial charge in [-0.2, -0.15) is 8.42 Å². The van der Waals surface area contributed by atoms with Crippen molar-refractivity contribution in [1.29, 1.82) is 0 Å².